The molecule has 1 aliphatic rings. The van der Waals surface area contributed by atoms with E-state index in [-0.39, 0.29) is 23.0 Å². The number of benzene rings is 2. The predicted octanol–water partition coefficient (Wildman–Crippen LogP) is 1.95. The van der Waals surface area contributed by atoms with Gasteiger partial charge in [-0.3, -0.25) is 0 Å². The molecule has 2 N–H and O–H groups in total. The highest BCUT2D eigenvalue weighted by atomic mass is 32.2. The molecule has 1 atom stereocenters. The van der Waals surface area contributed by atoms with Crippen LogP contribution in [0.15, 0.2) is 47.4 Å². The Kier molecular flexibility index (Phi) is 5.41. The van der Waals surface area contributed by atoms with Crippen molar-refractivity contribution >= 4 is 16.0 Å². The third kappa shape index (κ3) is 3.80. The number of aryl methyl sites for hydroxylation is 1. The third-order valence-electron chi connectivity index (χ3n) is 4.59. The average Bonchev–Trinajstić information content (AvgIpc) is 2.66. The van der Waals surface area contributed by atoms with Crippen LogP contribution in [0.25, 0.3) is 0 Å². The average molecular weight is 374 g/mol. The van der Waals surface area contributed by atoms with Crippen LogP contribution < -0.4 is 10.0 Å². The Labute approximate surface area is 153 Å². The highest BCUT2D eigenvalue weighted by Crippen LogP contribution is 2.23. The molecule has 0 radical (unpaired) electrons. The lowest BCUT2D eigenvalue weighted by Crippen LogP contribution is -2.39. The number of methoxy groups -OCH3 is 1. The maximum Gasteiger partial charge on any atom is 0.337 e. The van der Waals surface area contributed by atoms with Crippen LogP contribution in [0.1, 0.15) is 33.1 Å². The second-order valence-corrected chi connectivity index (χ2v) is 8.01. The summed E-state index contributed by atoms with van der Waals surface area (Å²) in [6, 6.07) is 12.5. The molecule has 26 heavy (non-hydrogen) atoms. The molecule has 0 spiro atoms. The summed E-state index contributed by atoms with van der Waals surface area (Å²) < 4.78 is 32.9. The fraction of sp³-hybridized carbons (Fsp3) is 0.316. The van der Waals surface area contributed by atoms with Gasteiger partial charge in [0, 0.05) is 12.6 Å². The lowest BCUT2D eigenvalue weighted by Gasteiger charge is -2.27. The van der Waals surface area contributed by atoms with Crippen molar-refractivity contribution in [1.82, 2.24) is 10.0 Å². The van der Waals surface area contributed by atoms with Crippen LogP contribution in [0.4, 0.5) is 0 Å². The Hall–Kier alpha value is -2.22. The standard InChI is InChI=1S/C19H22N2O4S/c1-13-7-8-15(19(22)25-2)11-18(13)26(23,24)21-12-17-16-6-4-3-5-14(16)9-10-20-17/h3-8,11,17,20-21H,9-10,12H2,1-2H3. The normalized spacial score (nSPS) is 16.8. The van der Waals surface area contributed by atoms with Crippen molar-refractivity contribution in [2.45, 2.75) is 24.3 Å². The highest BCUT2D eigenvalue weighted by Gasteiger charge is 2.24. The summed E-state index contributed by atoms with van der Waals surface area (Å²) in [6.45, 7) is 2.74. The number of hydrogen-bond acceptors (Lipinski definition) is 5. The molecule has 0 saturated carbocycles. The van der Waals surface area contributed by atoms with Crippen LogP contribution in [0, 0.1) is 6.92 Å². The van der Waals surface area contributed by atoms with Gasteiger partial charge in [-0.2, -0.15) is 0 Å². The molecule has 0 saturated heterocycles. The van der Waals surface area contributed by atoms with Gasteiger partial charge < -0.3 is 10.1 Å². The highest BCUT2D eigenvalue weighted by molar-refractivity contribution is 7.89. The minimum atomic E-state index is -3.75. The summed E-state index contributed by atoms with van der Waals surface area (Å²) in [5, 5.41) is 3.35. The Morgan fingerprint density at radius 3 is 2.81 bits per heavy atom. The maximum absolute atomic E-state index is 12.8. The quantitative estimate of drug-likeness (QED) is 0.782. The van der Waals surface area contributed by atoms with Crippen molar-refractivity contribution in [3.8, 4) is 0 Å². The number of hydrogen-bond donors (Lipinski definition) is 2. The van der Waals surface area contributed by atoms with E-state index in [1.807, 2.05) is 18.2 Å². The van der Waals surface area contributed by atoms with E-state index < -0.39 is 16.0 Å². The summed E-state index contributed by atoms with van der Waals surface area (Å²) in [4.78, 5) is 11.8. The molecule has 7 heteroatoms. The van der Waals surface area contributed by atoms with E-state index in [0.717, 1.165) is 18.5 Å². The first-order valence-electron chi connectivity index (χ1n) is 8.42. The minimum absolute atomic E-state index is 0.0844. The number of ether oxygens (including phenoxy) is 1. The topological polar surface area (TPSA) is 84.5 Å². The zero-order valence-electron chi connectivity index (χ0n) is 14.8. The monoisotopic (exact) mass is 374 g/mol. The van der Waals surface area contributed by atoms with Gasteiger partial charge in [-0.1, -0.05) is 30.3 Å². The van der Waals surface area contributed by atoms with Gasteiger partial charge in [-0.25, -0.2) is 17.9 Å². The first kappa shape index (κ1) is 18.6. The third-order valence-corrected chi connectivity index (χ3v) is 6.16. The summed E-state index contributed by atoms with van der Waals surface area (Å²) in [6.07, 6.45) is 0.930. The summed E-state index contributed by atoms with van der Waals surface area (Å²) >= 11 is 0. The molecule has 2 aromatic carbocycles. The maximum atomic E-state index is 12.8. The lowest BCUT2D eigenvalue weighted by molar-refractivity contribution is 0.0600. The van der Waals surface area contributed by atoms with E-state index >= 15 is 0 Å². The van der Waals surface area contributed by atoms with Crippen LogP contribution in [0.2, 0.25) is 0 Å². The second-order valence-electron chi connectivity index (χ2n) is 6.28. The Morgan fingerprint density at radius 2 is 2.04 bits per heavy atom. The molecular weight excluding hydrogens is 352 g/mol. The van der Waals surface area contributed by atoms with E-state index in [2.05, 4.69) is 20.8 Å². The molecule has 1 unspecified atom stereocenters. The molecule has 0 amide bonds. The van der Waals surface area contributed by atoms with E-state index in [1.54, 1.807) is 19.1 Å². The summed E-state index contributed by atoms with van der Waals surface area (Å²) in [5.41, 5.74) is 3.13. The van der Waals surface area contributed by atoms with Gasteiger partial charge in [0.05, 0.1) is 17.6 Å². The van der Waals surface area contributed by atoms with E-state index in [1.165, 1.54) is 18.7 Å². The number of esters is 1. The molecule has 1 heterocycles. The molecule has 0 aromatic heterocycles. The Balaban J connectivity index is 1.81. The minimum Gasteiger partial charge on any atom is -0.465 e. The van der Waals surface area contributed by atoms with Crippen molar-refractivity contribution in [3.05, 3.63) is 64.7 Å². The smallest absolute Gasteiger partial charge is 0.337 e. The fourth-order valence-corrected chi connectivity index (χ4v) is 4.50. The van der Waals surface area contributed by atoms with Crippen LogP contribution in [0.3, 0.4) is 0 Å². The molecule has 0 fully saturated rings. The number of sulfonamides is 1. The second kappa shape index (κ2) is 7.57. The predicted molar refractivity (Wildman–Crippen MR) is 98.6 cm³/mol. The number of carbonyl (C=O) groups excluding carboxylic acids is 1. The fourth-order valence-electron chi connectivity index (χ4n) is 3.18. The van der Waals surface area contributed by atoms with Gasteiger partial charge in [0.15, 0.2) is 0 Å². The Bertz CT molecular complexity index is 925. The van der Waals surface area contributed by atoms with Gasteiger partial charge >= 0.3 is 5.97 Å². The lowest BCUT2D eigenvalue weighted by atomic mass is 9.95. The Morgan fingerprint density at radius 1 is 1.27 bits per heavy atom. The number of fused-ring (bicyclic) bond motifs is 1. The molecule has 138 valence electrons. The van der Waals surface area contributed by atoms with Crippen LogP contribution >= 0.6 is 0 Å². The largest absolute Gasteiger partial charge is 0.465 e. The van der Waals surface area contributed by atoms with Gasteiger partial charge in [0.25, 0.3) is 0 Å². The van der Waals surface area contributed by atoms with Gasteiger partial charge in [0.2, 0.25) is 10.0 Å². The molecular formula is C19H22N2O4S. The zero-order valence-corrected chi connectivity index (χ0v) is 15.6. The SMILES string of the molecule is COC(=O)c1ccc(C)c(S(=O)(=O)NCC2NCCc3ccccc32)c1. The molecule has 0 aliphatic carbocycles. The van der Waals surface area contributed by atoms with Crippen LogP contribution in [-0.2, 0) is 21.2 Å². The summed E-state index contributed by atoms with van der Waals surface area (Å²) in [5.74, 6) is -0.565. The first-order chi connectivity index (χ1) is 12.4. The first-order valence-corrected chi connectivity index (χ1v) is 9.90. The van der Waals surface area contributed by atoms with E-state index in [0.29, 0.717) is 5.56 Å². The van der Waals surface area contributed by atoms with Crippen molar-refractivity contribution in [2.24, 2.45) is 0 Å². The van der Waals surface area contributed by atoms with Crippen molar-refractivity contribution < 1.29 is 17.9 Å². The van der Waals surface area contributed by atoms with Crippen molar-refractivity contribution in [3.63, 3.8) is 0 Å². The van der Waals surface area contributed by atoms with Crippen LogP contribution in [0.5, 0.6) is 0 Å². The molecule has 3 rings (SSSR count). The molecule has 6 nitrogen and oxygen atoms in total. The van der Waals surface area contributed by atoms with Crippen LogP contribution in [-0.4, -0.2) is 34.6 Å². The molecule has 2 aromatic rings. The zero-order chi connectivity index (χ0) is 18.7. The summed E-state index contributed by atoms with van der Waals surface area (Å²) in [7, 11) is -2.49. The number of carbonyl (C=O) groups is 1. The molecule has 1 aliphatic heterocycles. The number of nitrogens with one attached hydrogen (secondary N) is 2. The van der Waals surface area contributed by atoms with E-state index in [9.17, 15) is 13.2 Å². The number of rotatable bonds is 5. The van der Waals surface area contributed by atoms with Gasteiger partial charge in [0.1, 0.15) is 0 Å². The van der Waals surface area contributed by atoms with Gasteiger partial charge in [-0.05, 0) is 48.7 Å². The van der Waals surface area contributed by atoms with Crippen molar-refractivity contribution in [1.29, 1.82) is 0 Å². The van der Waals surface area contributed by atoms with Crippen molar-refractivity contribution in [2.75, 3.05) is 20.2 Å². The van der Waals surface area contributed by atoms with Gasteiger partial charge in [-0.15, -0.1) is 0 Å². The molecule has 0 bridgehead atoms. The van der Waals surface area contributed by atoms with E-state index in [4.69, 9.17) is 0 Å².